The molecule has 1 unspecified atom stereocenters. The standard InChI is InChI=1S/C23H31N3O2.HI/c1-23(13-8-14-28-23)18-26-22(24-2)25-15-20-11-6-7-12-21(20)17-27-16-19-9-4-3-5-10-19;/h3-7,9-12H,8,13-18H2,1-2H3,(H2,24,25,26);1H. The Morgan fingerprint density at radius 1 is 1.03 bits per heavy atom. The van der Waals surface area contributed by atoms with Crippen molar-refractivity contribution in [2.24, 2.45) is 4.99 Å². The summed E-state index contributed by atoms with van der Waals surface area (Å²) in [6.07, 6.45) is 2.21. The largest absolute Gasteiger partial charge is 0.373 e. The van der Waals surface area contributed by atoms with E-state index in [1.165, 1.54) is 16.7 Å². The summed E-state index contributed by atoms with van der Waals surface area (Å²) in [4.78, 5) is 4.33. The first-order chi connectivity index (χ1) is 13.7. The maximum atomic E-state index is 5.92. The molecule has 6 heteroatoms. The molecule has 0 radical (unpaired) electrons. The van der Waals surface area contributed by atoms with Gasteiger partial charge in [-0.3, -0.25) is 4.99 Å². The van der Waals surface area contributed by atoms with Crippen LogP contribution in [-0.2, 0) is 29.2 Å². The maximum Gasteiger partial charge on any atom is 0.191 e. The minimum absolute atomic E-state index is 0. The van der Waals surface area contributed by atoms with E-state index in [0.29, 0.717) is 19.8 Å². The molecule has 0 spiro atoms. The normalized spacial score (nSPS) is 18.9. The number of ether oxygens (including phenoxy) is 2. The summed E-state index contributed by atoms with van der Waals surface area (Å²) in [6, 6.07) is 18.6. The van der Waals surface area contributed by atoms with Crippen molar-refractivity contribution in [3.8, 4) is 0 Å². The summed E-state index contributed by atoms with van der Waals surface area (Å²) >= 11 is 0. The van der Waals surface area contributed by atoms with Crippen LogP contribution < -0.4 is 10.6 Å². The van der Waals surface area contributed by atoms with Crippen molar-refractivity contribution in [1.82, 2.24) is 10.6 Å². The van der Waals surface area contributed by atoms with Crippen molar-refractivity contribution >= 4 is 29.9 Å². The molecule has 1 aliphatic heterocycles. The highest BCUT2D eigenvalue weighted by Crippen LogP contribution is 2.23. The van der Waals surface area contributed by atoms with Crippen LogP contribution in [0, 0.1) is 0 Å². The van der Waals surface area contributed by atoms with Crippen molar-refractivity contribution in [2.45, 2.75) is 45.1 Å². The molecule has 0 aliphatic carbocycles. The molecule has 1 heterocycles. The zero-order valence-corrected chi connectivity index (χ0v) is 19.6. The molecule has 5 nitrogen and oxygen atoms in total. The number of benzene rings is 2. The zero-order valence-electron chi connectivity index (χ0n) is 17.3. The first kappa shape index (κ1) is 23.6. The second kappa shape index (κ2) is 12.1. The van der Waals surface area contributed by atoms with Crippen LogP contribution in [0.3, 0.4) is 0 Å². The van der Waals surface area contributed by atoms with Gasteiger partial charge in [-0.15, -0.1) is 24.0 Å². The molecule has 0 saturated carbocycles. The molecule has 2 N–H and O–H groups in total. The molecule has 1 fully saturated rings. The van der Waals surface area contributed by atoms with E-state index < -0.39 is 0 Å². The summed E-state index contributed by atoms with van der Waals surface area (Å²) in [7, 11) is 1.79. The van der Waals surface area contributed by atoms with Gasteiger partial charge < -0.3 is 20.1 Å². The Kier molecular flexibility index (Phi) is 9.90. The molecule has 0 amide bonds. The van der Waals surface area contributed by atoms with Gasteiger partial charge in [0.05, 0.1) is 18.8 Å². The lowest BCUT2D eigenvalue weighted by Gasteiger charge is -2.24. The Labute approximate surface area is 191 Å². The van der Waals surface area contributed by atoms with Crippen molar-refractivity contribution in [1.29, 1.82) is 0 Å². The first-order valence-corrected chi connectivity index (χ1v) is 9.95. The smallest absolute Gasteiger partial charge is 0.191 e. The van der Waals surface area contributed by atoms with E-state index in [9.17, 15) is 0 Å². The highest BCUT2D eigenvalue weighted by Gasteiger charge is 2.29. The summed E-state index contributed by atoms with van der Waals surface area (Å²) in [5.41, 5.74) is 3.49. The van der Waals surface area contributed by atoms with E-state index in [0.717, 1.165) is 32.0 Å². The van der Waals surface area contributed by atoms with E-state index in [1.54, 1.807) is 7.05 Å². The lowest BCUT2D eigenvalue weighted by Crippen LogP contribution is -2.45. The summed E-state index contributed by atoms with van der Waals surface area (Å²) in [6.45, 7) is 5.66. The highest BCUT2D eigenvalue weighted by atomic mass is 127. The Balaban J connectivity index is 0.00000300. The number of rotatable bonds is 8. The number of hydrogen-bond acceptors (Lipinski definition) is 3. The van der Waals surface area contributed by atoms with Gasteiger partial charge in [0.2, 0.25) is 0 Å². The molecule has 158 valence electrons. The average molecular weight is 509 g/mol. The second-order valence-electron chi connectivity index (χ2n) is 7.43. The van der Waals surface area contributed by atoms with Gasteiger partial charge in [-0.05, 0) is 36.5 Å². The Bertz CT molecular complexity index is 762. The van der Waals surface area contributed by atoms with E-state index in [4.69, 9.17) is 9.47 Å². The van der Waals surface area contributed by atoms with E-state index >= 15 is 0 Å². The summed E-state index contributed by atoms with van der Waals surface area (Å²) in [5.74, 6) is 0.789. The quantitative estimate of drug-likeness (QED) is 0.318. The molecule has 29 heavy (non-hydrogen) atoms. The predicted octanol–water partition coefficient (Wildman–Crippen LogP) is 4.26. The third kappa shape index (κ3) is 7.60. The van der Waals surface area contributed by atoms with Gasteiger partial charge in [0.25, 0.3) is 0 Å². The van der Waals surface area contributed by atoms with Gasteiger partial charge in [0, 0.05) is 26.7 Å². The second-order valence-corrected chi connectivity index (χ2v) is 7.43. The number of hydrogen-bond donors (Lipinski definition) is 2. The zero-order chi connectivity index (χ0) is 19.7. The molecule has 0 bridgehead atoms. The monoisotopic (exact) mass is 509 g/mol. The molecule has 2 aromatic carbocycles. The fraction of sp³-hybridized carbons (Fsp3) is 0.435. The average Bonchev–Trinajstić information content (AvgIpc) is 3.16. The van der Waals surface area contributed by atoms with Crippen LogP contribution in [-0.4, -0.2) is 31.8 Å². The molecule has 0 aromatic heterocycles. The topological polar surface area (TPSA) is 54.9 Å². The number of nitrogens with one attached hydrogen (secondary N) is 2. The van der Waals surface area contributed by atoms with E-state index in [2.05, 4.69) is 58.9 Å². The molecule has 1 atom stereocenters. The molecule has 1 saturated heterocycles. The van der Waals surface area contributed by atoms with Gasteiger partial charge in [0.15, 0.2) is 5.96 Å². The lowest BCUT2D eigenvalue weighted by atomic mass is 10.0. The van der Waals surface area contributed by atoms with Crippen LogP contribution >= 0.6 is 24.0 Å². The SMILES string of the molecule is CN=C(NCc1ccccc1COCc1ccccc1)NCC1(C)CCCO1.I. The van der Waals surface area contributed by atoms with Crippen molar-refractivity contribution in [3.63, 3.8) is 0 Å². The van der Waals surface area contributed by atoms with Crippen LogP contribution in [0.1, 0.15) is 36.5 Å². The number of nitrogens with zero attached hydrogens (tertiary/aromatic N) is 1. The summed E-state index contributed by atoms with van der Waals surface area (Å²) < 4.78 is 11.8. The van der Waals surface area contributed by atoms with Crippen LogP contribution in [0.2, 0.25) is 0 Å². The molecular weight excluding hydrogens is 477 g/mol. The van der Waals surface area contributed by atoms with Crippen LogP contribution in [0.15, 0.2) is 59.6 Å². The number of halogens is 1. The molecular formula is C23H32IN3O2. The summed E-state index contributed by atoms with van der Waals surface area (Å²) in [5, 5.41) is 6.79. The van der Waals surface area contributed by atoms with Crippen molar-refractivity contribution < 1.29 is 9.47 Å². The predicted molar refractivity (Wildman–Crippen MR) is 129 cm³/mol. The molecule has 2 aromatic rings. The number of aliphatic imine (C=N–C) groups is 1. The van der Waals surface area contributed by atoms with Gasteiger partial charge in [-0.25, -0.2) is 0 Å². The van der Waals surface area contributed by atoms with Gasteiger partial charge in [-0.1, -0.05) is 54.6 Å². The Hall–Kier alpha value is -1.64. The Morgan fingerprint density at radius 2 is 1.76 bits per heavy atom. The van der Waals surface area contributed by atoms with Gasteiger partial charge in [-0.2, -0.15) is 0 Å². The Morgan fingerprint density at radius 3 is 2.45 bits per heavy atom. The first-order valence-electron chi connectivity index (χ1n) is 9.95. The molecule has 1 aliphatic rings. The minimum Gasteiger partial charge on any atom is -0.373 e. The van der Waals surface area contributed by atoms with E-state index in [-0.39, 0.29) is 29.6 Å². The highest BCUT2D eigenvalue weighted by molar-refractivity contribution is 14.0. The minimum atomic E-state index is -0.0964. The van der Waals surface area contributed by atoms with Gasteiger partial charge in [0.1, 0.15) is 0 Å². The number of guanidine groups is 1. The fourth-order valence-corrected chi connectivity index (χ4v) is 3.37. The fourth-order valence-electron chi connectivity index (χ4n) is 3.37. The van der Waals surface area contributed by atoms with Crippen molar-refractivity contribution in [3.05, 3.63) is 71.3 Å². The molecule has 3 rings (SSSR count). The van der Waals surface area contributed by atoms with Crippen LogP contribution in [0.5, 0.6) is 0 Å². The third-order valence-corrected chi connectivity index (χ3v) is 5.09. The van der Waals surface area contributed by atoms with Crippen LogP contribution in [0.4, 0.5) is 0 Å². The lowest BCUT2D eigenvalue weighted by molar-refractivity contribution is 0.0243. The van der Waals surface area contributed by atoms with Crippen molar-refractivity contribution in [2.75, 3.05) is 20.2 Å². The third-order valence-electron chi connectivity index (χ3n) is 5.09. The van der Waals surface area contributed by atoms with Crippen LogP contribution in [0.25, 0.3) is 0 Å². The van der Waals surface area contributed by atoms with E-state index in [1.807, 2.05) is 18.2 Å². The maximum absolute atomic E-state index is 5.92. The van der Waals surface area contributed by atoms with Gasteiger partial charge >= 0.3 is 0 Å².